The van der Waals surface area contributed by atoms with Gasteiger partial charge in [-0.1, -0.05) is 8.58 Å². The summed E-state index contributed by atoms with van der Waals surface area (Å²) in [7, 11) is 0. The Morgan fingerprint density at radius 1 is 1.33 bits per heavy atom. The molecule has 9 heavy (non-hydrogen) atoms. The van der Waals surface area contributed by atoms with Gasteiger partial charge >= 0.3 is 28.9 Å². The second-order valence-electron chi connectivity index (χ2n) is 0.916. The van der Waals surface area contributed by atoms with Gasteiger partial charge in [0.15, 0.2) is 0 Å². The Kier molecular flexibility index (Phi) is 6.77. The van der Waals surface area contributed by atoms with E-state index in [0.717, 1.165) is 0 Å². The molecule has 0 saturated carbocycles. The second kappa shape index (κ2) is 6.50. The first-order chi connectivity index (χ1) is 4.35. The average molecular weight is 179 g/mol. The standard InChI is InChI=1S/C2H4Cl2O5/c5-1-2(8-3-6)9-4-7/h2,5H,1H2. The maximum absolute atomic E-state index is 9.50. The predicted molar refractivity (Wildman–Crippen MR) is 13.0 cm³/mol. The molecule has 0 aromatic carbocycles. The van der Waals surface area contributed by atoms with Crippen molar-refractivity contribution >= 4 is 0 Å². The first-order valence-corrected chi connectivity index (χ1v) is 3.05. The van der Waals surface area contributed by atoms with E-state index in [0.29, 0.717) is 0 Å². The van der Waals surface area contributed by atoms with Gasteiger partial charge in [-0.15, -0.1) is 0 Å². The van der Waals surface area contributed by atoms with Gasteiger partial charge in [-0.25, -0.2) is 0 Å². The van der Waals surface area contributed by atoms with Crippen LogP contribution in [-0.2, 0) is 8.58 Å². The van der Waals surface area contributed by atoms with E-state index in [1.165, 1.54) is 0 Å². The van der Waals surface area contributed by atoms with Crippen molar-refractivity contribution in [2.75, 3.05) is 6.61 Å². The third kappa shape index (κ3) is 4.86. The summed E-state index contributed by atoms with van der Waals surface area (Å²) in [4.78, 5) is 0. The van der Waals surface area contributed by atoms with Crippen LogP contribution in [0.15, 0.2) is 0 Å². The minimum atomic E-state index is -1.18. The third-order valence-corrected chi connectivity index (χ3v) is 0.963. The van der Waals surface area contributed by atoms with Crippen molar-refractivity contribution in [1.29, 1.82) is 0 Å². The van der Waals surface area contributed by atoms with Gasteiger partial charge < -0.3 is 14.4 Å². The Hall–Kier alpha value is 0.380. The highest BCUT2D eigenvalue weighted by Gasteiger charge is 2.19. The van der Waals surface area contributed by atoms with Crippen LogP contribution < -0.4 is 9.32 Å². The number of rotatable bonds is 5. The highest BCUT2D eigenvalue weighted by Crippen LogP contribution is 1.90. The van der Waals surface area contributed by atoms with Gasteiger partial charge in [0.2, 0.25) is 0 Å². The first kappa shape index (κ1) is 9.38. The Morgan fingerprint density at radius 2 is 1.78 bits per heavy atom. The number of aliphatic hydroxyl groups excluding tert-OH is 1. The van der Waals surface area contributed by atoms with Gasteiger partial charge in [0.25, 0.3) is 0 Å². The van der Waals surface area contributed by atoms with E-state index in [1.54, 1.807) is 0 Å². The van der Waals surface area contributed by atoms with E-state index in [2.05, 4.69) is 8.58 Å². The molecule has 0 bridgehead atoms. The molecule has 7 heteroatoms. The molecule has 0 rings (SSSR count). The summed E-state index contributed by atoms with van der Waals surface area (Å²) in [6.07, 6.45) is -1.18. The molecule has 0 aliphatic heterocycles. The van der Waals surface area contributed by atoms with Crippen LogP contribution in [-0.4, -0.2) is 18.0 Å². The van der Waals surface area contributed by atoms with E-state index < -0.39 is 12.9 Å². The van der Waals surface area contributed by atoms with Gasteiger partial charge in [-0.2, -0.15) is 0 Å². The lowest BCUT2D eigenvalue weighted by molar-refractivity contribution is -1.30. The van der Waals surface area contributed by atoms with Crippen LogP contribution in [0.25, 0.3) is 0 Å². The highest BCUT2D eigenvalue weighted by atomic mass is 35.6. The predicted octanol–water partition coefficient (Wildman–Crippen LogP) is -3.11. The third-order valence-electron chi connectivity index (χ3n) is 0.421. The molecule has 5 nitrogen and oxygen atoms in total. The molecule has 0 fully saturated rings. The number of aliphatic hydroxyl groups is 1. The molecule has 0 unspecified atom stereocenters. The summed E-state index contributed by atoms with van der Waals surface area (Å²) in [5.74, 6) is 0. The molecule has 56 valence electrons. The van der Waals surface area contributed by atoms with Crippen LogP contribution >= 0.6 is 0 Å². The molecule has 1 N–H and O–H groups in total. The lowest BCUT2D eigenvalue weighted by Gasteiger charge is -1.96. The average Bonchev–Trinajstić information content (AvgIpc) is 1.88. The van der Waals surface area contributed by atoms with Crippen LogP contribution in [0.1, 0.15) is 0 Å². The lowest BCUT2D eigenvalue weighted by Crippen LogP contribution is -2.25. The summed E-state index contributed by atoms with van der Waals surface area (Å²) < 4.78 is 27.1. The Labute approximate surface area is 59.3 Å². The van der Waals surface area contributed by atoms with Gasteiger partial charge in [0.1, 0.15) is 6.61 Å². The van der Waals surface area contributed by atoms with Crippen LogP contribution in [0.4, 0.5) is 0 Å². The zero-order valence-electron chi connectivity index (χ0n) is 4.12. The minimum absolute atomic E-state index is 0.188. The van der Waals surface area contributed by atoms with Gasteiger partial charge in [0.05, 0.1) is 0 Å². The second-order valence-corrected chi connectivity index (χ2v) is 1.52. The number of halogens is 2. The topological polar surface area (TPSA) is 84.8 Å². The van der Waals surface area contributed by atoms with Crippen molar-refractivity contribution < 1.29 is 45.7 Å². The van der Waals surface area contributed by atoms with Crippen molar-refractivity contribution in [1.82, 2.24) is 0 Å². The van der Waals surface area contributed by atoms with Gasteiger partial charge in [-0.05, 0) is 0 Å². The molecule has 0 aliphatic carbocycles. The van der Waals surface area contributed by atoms with E-state index in [4.69, 9.17) is 5.11 Å². The molecule has 0 atom stereocenters. The number of hydrogen-bond acceptors (Lipinski definition) is 5. The maximum atomic E-state index is 9.50. The van der Waals surface area contributed by atoms with Crippen molar-refractivity contribution in [3.8, 4) is 0 Å². The first-order valence-electron chi connectivity index (χ1n) is 1.81. The molecule has 0 aliphatic rings. The van der Waals surface area contributed by atoms with Crippen molar-refractivity contribution in [3.63, 3.8) is 0 Å². The van der Waals surface area contributed by atoms with Crippen LogP contribution in [0.3, 0.4) is 0 Å². The summed E-state index contributed by atoms with van der Waals surface area (Å²) in [5.41, 5.74) is 0. The molecule has 0 spiro atoms. The van der Waals surface area contributed by atoms with Crippen LogP contribution in [0, 0.1) is 22.7 Å². The van der Waals surface area contributed by atoms with Crippen molar-refractivity contribution in [3.05, 3.63) is 0 Å². The number of hydrogen-bond donors (Lipinski definition) is 1. The fourth-order valence-electron chi connectivity index (χ4n) is 0.151. The normalized spacial score (nSPS) is 10.7. The molecular formula is C2H4Cl2O5. The zero-order chi connectivity index (χ0) is 7.11. The van der Waals surface area contributed by atoms with Gasteiger partial charge in [0, 0.05) is 0 Å². The molecule has 0 saturated heterocycles. The molecule has 0 heterocycles. The maximum Gasteiger partial charge on any atom is 0.333 e. The molecule has 0 aromatic rings. The Balaban J connectivity index is 3.18. The van der Waals surface area contributed by atoms with E-state index in [9.17, 15) is 9.32 Å². The fourth-order valence-corrected chi connectivity index (χ4v) is 0.536. The molecule has 0 amide bonds. The van der Waals surface area contributed by atoms with Crippen LogP contribution in [0.2, 0.25) is 0 Å². The SMILES string of the molecule is [O-][Cl+]OC(CO)O[Cl+][O-]. The fraction of sp³-hybridized carbons (Fsp3) is 1.00. The van der Waals surface area contributed by atoms with E-state index in [1.807, 2.05) is 0 Å². The summed E-state index contributed by atoms with van der Waals surface area (Å²) >= 11 is 0.376. The van der Waals surface area contributed by atoms with Crippen LogP contribution in [0.5, 0.6) is 0 Å². The quantitative estimate of drug-likeness (QED) is 0.451. The molecule has 0 radical (unpaired) electrons. The Morgan fingerprint density at radius 3 is 2.00 bits per heavy atom. The molecule has 0 aromatic heterocycles. The largest absolute Gasteiger partial charge is 0.506 e. The summed E-state index contributed by atoms with van der Waals surface area (Å²) in [6.45, 7) is -0.537. The smallest absolute Gasteiger partial charge is 0.333 e. The minimum Gasteiger partial charge on any atom is -0.506 e. The molecular weight excluding hydrogens is 175 g/mol. The monoisotopic (exact) mass is 178 g/mol. The van der Waals surface area contributed by atoms with Gasteiger partial charge in [-0.3, -0.25) is 0 Å². The highest BCUT2D eigenvalue weighted by molar-refractivity contribution is 4.25. The van der Waals surface area contributed by atoms with Crippen molar-refractivity contribution in [2.24, 2.45) is 0 Å². The lowest BCUT2D eigenvalue weighted by atomic mass is 10.7. The zero-order valence-corrected chi connectivity index (χ0v) is 5.63. The van der Waals surface area contributed by atoms with E-state index >= 15 is 0 Å². The Bertz CT molecular complexity index is 54.9. The van der Waals surface area contributed by atoms with E-state index in [-0.39, 0.29) is 22.7 Å². The van der Waals surface area contributed by atoms with Crippen molar-refractivity contribution in [2.45, 2.75) is 6.29 Å². The summed E-state index contributed by atoms with van der Waals surface area (Å²) in [5, 5.41) is 8.22. The summed E-state index contributed by atoms with van der Waals surface area (Å²) in [6, 6.07) is 0.